The molecule has 1 aromatic rings. The van der Waals surface area contributed by atoms with Crippen LogP contribution in [0.3, 0.4) is 0 Å². The number of carbonyl (C=O) groups is 1. The van der Waals surface area contributed by atoms with Crippen LogP contribution in [0.15, 0.2) is 17.5 Å². The molecule has 0 bridgehead atoms. The Balaban J connectivity index is 1.91. The monoisotopic (exact) mass is 254 g/mol. The van der Waals surface area contributed by atoms with Crippen molar-refractivity contribution in [3.8, 4) is 0 Å². The number of anilines is 1. The standard InChI is InChI=1S/C12H18N2O2S/c1-2-10(12(15)16)13-5-7-14(8-6-13)11-4-3-9-17-11/h3-4,9-10H,2,5-8H2,1H3,(H,15,16). The maximum Gasteiger partial charge on any atom is 0.320 e. The van der Waals surface area contributed by atoms with Crippen LogP contribution in [0.2, 0.25) is 0 Å². The van der Waals surface area contributed by atoms with Crippen molar-refractivity contribution in [1.29, 1.82) is 0 Å². The molecule has 0 radical (unpaired) electrons. The molecule has 0 spiro atoms. The van der Waals surface area contributed by atoms with Crippen LogP contribution in [0, 0.1) is 0 Å². The summed E-state index contributed by atoms with van der Waals surface area (Å²) in [5.74, 6) is -0.697. The first kappa shape index (κ1) is 12.4. The van der Waals surface area contributed by atoms with Gasteiger partial charge in [-0.3, -0.25) is 9.69 Å². The highest BCUT2D eigenvalue weighted by molar-refractivity contribution is 7.14. The van der Waals surface area contributed by atoms with Gasteiger partial charge in [-0.1, -0.05) is 6.92 Å². The lowest BCUT2D eigenvalue weighted by atomic mass is 10.1. The zero-order chi connectivity index (χ0) is 12.3. The van der Waals surface area contributed by atoms with Crippen molar-refractivity contribution in [2.75, 3.05) is 31.1 Å². The molecule has 1 unspecified atom stereocenters. The molecule has 17 heavy (non-hydrogen) atoms. The predicted molar refractivity (Wildman–Crippen MR) is 69.8 cm³/mol. The number of hydrogen-bond donors (Lipinski definition) is 1. The van der Waals surface area contributed by atoms with Gasteiger partial charge in [0.1, 0.15) is 6.04 Å². The average molecular weight is 254 g/mol. The van der Waals surface area contributed by atoms with E-state index in [0.717, 1.165) is 26.2 Å². The van der Waals surface area contributed by atoms with Crippen LogP contribution >= 0.6 is 11.3 Å². The normalized spacial score (nSPS) is 19.2. The third kappa shape index (κ3) is 2.79. The van der Waals surface area contributed by atoms with Crippen LogP contribution in [-0.4, -0.2) is 48.2 Å². The number of nitrogens with zero attached hydrogens (tertiary/aromatic N) is 2. The van der Waals surface area contributed by atoms with E-state index in [9.17, 15) is 4.79 Å². The van der Waals surface area contributed by atoms with E-state index in [0.29, 0.717) is 6.42 Å². The Bertz CT molecular complexity index is 359. The molecule has 2 heterocycles. The molecule has 94 valence electrons. The highest BCUT2D eigenvalue weighted by Crippen LogP contribution is 2.23. The second-order valence-corrected chi connectivity index (χ2v) is 5.16. The summed E-state index contributed by atoms with van der Waals surface area (Å²) < 4.78 is 0. The molecule has 0 saturated carbocycles. The molecule has 0 aromatic carbocycles. The minimum Gasteiger partial charge on any atom is -0.480 e. The fourth-order valence-electron chi connectivity index (χ4n) is 2.29. The Morgan fingerprint density at radius 2 is 2.18 bits per heavy atom. The summed E-state index contributed by atoms with van der Waals surface area (Å²) in [7, 11) is 0. The Kier molecular flexibility index (Phi) is 4.02. The fourth-order valence-corrected chi connectivity index (χ4v) is 3.08. The number of aliphatic carboxylic acids is 1. The SMILES string of the molecule is CCC(C(=O)O)N1CCN(c2cccs2)CC1. The van der Waals surface area contributed by atoms with Crippen molar-refractivity contribution in [1.82, 2.24) is 4.90 Å². The second-order valence-electron chi connectivity index (χ2n) is 4.24. The van der Waals surface area contributed by atoms with Gasteiger partial charge in [0.25, 0.3) is 0 Å². The summed E-state index contributed by atoms with van der Waals surface area (Å²) in [6, 6.07) is 3.85. The second kappa shape index (κ2) is 5.51. The van der Waals surface area contributed by atoms with E-state index in [1.165, 1.54) is 5.00 Å². The molecule has 2 rings (SSSR count). The van der Waals surface area contributed by atoms with E-state index in [2.05, 4.69) is 27.3 Å². The first-order valence-electron chi connectivity index (χ1n) is 5.97. The maximum atomic E-state index is 11.1. The number of piperazine rings is 1. The van der Waals surface area contributed by atoms with Crippen molar-refractivity contribution in [3.05, 3.63) is 17.5 Å². The van der Waals surface area contributed by atoms with Gasteiger partial charge < -0.3 is 10.0 Å². The molecular formula is C12H18N2O2S. The first-order chi connectivity index (χ1) is 8.22. The molecule has 1 N–H and O–H groups in total. The lowest BCUT2D eigenvalue weighted by Crippen LogP contribution is -2.52. The number of rotatable bonds is 4. The van der Waals surface area contributed by atoms with E-state index in [-0.39, 0.29) is 6.04 Å². The minimum absolute atomic E-state index is 0.319. The summed E-state index contributed by atoms with van der Waals surface area (Å²) in [6.07, 6.45) is 0.675. The van der Waals surface area contributed by atoms with Gasteiger partial charge in [0.05, 0.1) is 5.00 Å². The Hall–Kier alpha value is -1.07. The lowest BCUT2D eigenvalue weighted by molar-refractivity contribution is -0.143. The molecule has 0 amide bonds. The quantitative estimate of drug-likeness (QED) is 0.889. The lowest BCUT2D eigenvalue weighted by Gasteiger charge is -2.37. The van der Waals surface area contributed by atoms with E-state index in [1.807, 2.05) is 6.92 Å². The van der Waals surface area contributed by atoms with E-state index in [1.54, 1.807) is 11.3 Å². The average Bonchev–Trinajstić information content (AvgIpc) is 2.84. The van der Waals surface area contributed by atoms with Crippen LogP contribution in [-0.2, 0) is 4.79 Å². The van der Waals surface area contributed by atoms with Crippen LogP contribution in [0.5, 0.6) is 0 Å². The van der Waals surface area contributed by atoms with Gasteiger partial charge in [0.15, 0.2) is 0 Å². The van der Waals surface area contributed by atoms with E-state index < -0.39 is 5.97 Å². The van der Waals surface area contributed by atoms with Crippen LogP contribution < -0.4 is 4.90 Å². The Labute approximate surface area is 105 Å². The van der Waals surface area contributed by atoms with Gasteiger partial charge in [0.2, 0.25) is 0 Å². The molecule has 1 aliphatic rings. The fraction of sp³-hybridized carbons (Fsp3) is 0.583. The molecule has 1 aromatic heterocycles. The number of hydrogen-bond acceptors (Lipinski definition) is 4. The Morgan fingerprint density at radius 3 is 2.65 bits per heavy atom. The van der Waals surface area contributed by atoms with Gasteiger partial charge >= 0.3 is 5.97 Å². The zero-order valence-corrected chi connectivity index (χ0v) is 10.8. The van der Waals surface area contributed by atoms with Crippen molar-refractivity contribution in [2.24, 2.45) is 0 Å². The van der Waals surface area contributed by atoms with Crippen molar-refractivity contribution in [2.45, 2.75) is 19.4 Å². The van der Waals surface area contributed by atoms with Gasteiger partial charge in [-0.2, -0.15) is 0 Å². The van der Waals surface area contributed by atoms with Gasteiger partial charge in [-0.15, -0.1) is 11.3 Å². The maximum absolute atomic E-state index is 11.1. The highest BCUT2D eigenvalue weighted by Gasteiger charge is 2.27. The molecule has 5 heteroatoms. The predicted octanol–water partition coefficient (Wildman–Crippen LogP) is 1.73. The summed E-state index contributed by atoms with van der Waals surface area (Å²) in [5.41, 5.74) is 0. The summed E-state index contributed by atoms with van der Waals surface area (Å²) in [6.45, 7) is 5.45. The van der Waals surface area contributed by atoms with Crippen LogP contribution in [0.4, 0.5) is 5.00 Å². The molecule has 1 atom stereocenters. The third-order valence-corrected chi connectivity index (χ3v) is 4.17. The first-order valence-corrected chi connectivity index (χ1v) is 6.85. The molecule has 4 nitrogen and oxygen atoms in total. The minimum atomic E-state index is -0.697. The zero-order valence-electron chi connectivity index (χ0n) is 10.0. The smallest absolute Gasteiger partial charge is 0.320 e. The number of carboxylic acid groups (broad SMARTS) is 1. The van der Waals surface area contributed by atoms with Crippen molar-refractivity contribution >= 4 is 22.3 Å². The summed E-state index contributed by atoms with van der Waals surface area (Å²) in [5, 5.41) is 12.5. The number of carboxylic acids is 1. The van der Waals surface area contributed by atoms with Crippen LogP contribution in [0.1, 0.15) is 13.3 Å². The summed E-state index contributed by atoms with van der Waals surface area (Å²) in [4.78, 5) is 15.5. The molecule has 1 aliphatic heterocycles. The molecule has 1 saturated heterocycles. The summed E-state index contributed by atoms with van der Waals surface area (Å²) >= 11 is 1.74. The van der Waals surface area contributed by atoms with Gasteiger partial charge in [0, 0.05) is 26.2 Å². The largest absolute Gasteiger partial charge is 0.480 e. The van der Waals surface area contributed by atoms with Crippen molar-refractivity contribution < 1.29 is 9.90 Å². The third-order valence-electron chi connectivity index (χ3n) is 3.24. The highest BCUT2D eigenvalue weighted by atomic mass is 32.1. The topological polar surface area (TPSA) is 43.8 Å². The van der Waals surface area contributed by atoms with Crippen LogP contribution in [0.25, 0.3) is 0 Å². The van der Waals surface area contributed by atoms with Gasteiger partial charge in [-0.25, -0.2) is 0 Å². The van der Waals surface area contributed by atoms with Crippen molar-refractivity contribution in [3.63, 3.8) is 0 Å². The number of thiophene rings is 1. The molecular weight excluding hydrogens is 236 g/mol. The van der Waals surface area contributed by atoms with E-state index in [4.69, 9.17) is 5.11 Å². The van der Waals surface area contributed by atoms with E-state index >= 15 is 0 Å². The Morgan fingerprint density at radius 1 is 1.47 bits per heavy atom. The molecule has 1 fully saturated rings. The van der Waals surface area contributed by atoms with Gasteiger partial charge in [-0.05, 0) is 23.9 Å². The molecule has 0 aliphatic carbocycles.